The molecule has 3 heterocycles. The first kappa shape index (κ1) is 28.9. The van der Waals surface area contributed by atoms with Crippen LogP contribution in [0, 0.1) is 15.4 Å². The van der Waals surface area contributed by atoms with Crippen LogP contribution < -0.4 is 4.90 Å². The normalized spacial score (nSPS) is 24.4. The van der Waals surface area contributed by atoms with Gasteiger partial charge in [-0.25, -0.2) is 4.39 Å². The molecule has 1 aromatic heterocycles. The van der Waals surface area contributed by atoms with Gasteiger partial charge in [0.05, 0.1) is 24.5 Å². The van der Waals surface area contributed by atoms with Crippen molar-refractivity contribution in [3.8, 4) is 0 Å². The summed E-state index contributed by atoms with van der Waals surface area (Å²) in [5.74, 6) is -1.10. The zero-order valence-electron chi connectivity index (χ0n) is 23.8. The van der Waals surface area contributed by atoms with E-state index in [-0.39, 0.29) is 5.91 Å². The lowest BCUT2D eigenvalue weighted by Crippen LogP contribution is -2.45. The van der Waals surface area contributed by atoms with Crippen LogP contribution in [-0.4, -0.2) is 37.8 Å². The maximum Gasteiger partial charge on any atom is 0.264 e. The number of aliphatic hydroxyl groups excluding tert-OH is 1. The molecule has 0 aliphatic carbocycles. The van der Waals surface area contributed by atoms with Gasteiger partial charge in [0.2, 0.25) is 0 Å². The molecular weight excluding hydrogens is 646 g/mol. The Morgan fingerprint density at radius 2 is 1.83 bits per heavy atom. The lowest BCUT2D eigenvalue weighted by molar-refractivity contribution is -0.146. The third kappa shape index (κ3) is 5.05. The van der Waals surface area contributed by atoms with Gasteiger partial charge >= 0.3 is 0 Å². The highest BCUT2D eigenvalue weighted by atomic mass is 127. The van der Waals surface area contributed by atoms with Gasteiger partial charge in [-0.15, -0.1) is 5.10 Å². The molecule has 218 valence electrons. The Bertz CT molecular complexity index is 1590. The molecule has 0 bridgehead atoms. The van der Waals surface area contributed by atoms with Crippen molar-refractivity contribution in [3.05, 3.63) is 111 Å². The third-order valence-corrected chi connectivity index (χ3v) is 9.36. The Hall–Kier alpha value is -3.15. The Morgan fingerprint density at radius 1 is 1.10 bits per heavy atom. The predicted molar refractivity (Wildman–Crippen MR) is 166 cm³/mol. The number of ether oxygens (including phenoxy) is 1. The molecule has 4 aromatic rings. The van der Waals surface area contributed by atoms with Crippen molar-refractivity contribution >= 4 is 34.2 Å². The first-order valence-corrected chi connectivity index (χ1v) is 15.3. The quantitative estimate of drug-likeness (QED) is 0.225. The number of halogens is 2. The maximum absolute atomic E-state index is 16.0. The van der Waals surface area contributed by atoms with Crippen LogP contribution in [0.15, 0.2) is 85.1 Å². The predicted octanol–water partition coefficient (Wildman–Crippen LogP) is 6.20. The number of hydrogen-bond acceptors (Lipinski definition) is 5. The summed E-state index contributed by atoms with van der Waals surface area (Å²) in [7, 11) is 0. The number of aromatic nitrogens is 3. The first-order chi connectivity index (χ1) is 20.1. The summed E-state index contributed by atoms with van der Waals surface area (Å²) in [5.41, 5.74) is 0.904. The van der Waals surface area contributed by atoms with Gasteiger partial charge in [0.15, 0.2) is 5.60 Å². The van der Waals surface area contributed by atoms with E-state index < -0.39 is 35.3 Å². The zero-order chi connectivity index (χ0) is 29.6. The van der Waals surface area contributed by atoms with Gasteiger partial charge in [-0.2, -0.15) is 0 Å². The Labute approximate surface area is 258 Å². The second-order valence-corrected chi connectivity index (χ2v) is 13.1. The zero-order valence-corrected chi connectivity index (χ0v) is 26.0. The van der Waals surface area contributed by atoms with E-state index in [2.05, 4.69) is 39.0 Å². The molecule has 42 heavy (non-hydrogen) atoms. The van der Waals surface area contributed by atoms with E-state index in [4.69, 9.17) is 4.74 Å². The largest absolute Gasteiger partial charge is 0.382 e. The van der Waals surface area contributed by atoms with Crippen LogP contribution in [0.4, 0.5) is 10.1 Å². The fourth-order valence-electron chi connectivity index (χ4n) is 6.86. The fraction of sp³-hybridized carbons (Fsp3) is 0.364. The first-order valence-electron chi connectivity index (χ1n) is 14.3. The van der Waals surface area contributed by atoms with E-state index in [0.29, 0.717) is 25.2 Å². The highest BCUT2D eigenvalue weighted by molar-refractivity contribution is 14.1. The van der Waals surface area contributed by atoms with Crippen molar-refractivity contribution in [2.45, 2.75) is 63.8 Å². The standard InChI is InChI=1S/C33H34FIN4O3/c1-21-29(32(2,3)34)28(16-17-38-20-26(36-37-38)30(40)23-11-5-4-6-12-23)42-33(21)25-14-7-8-15-27(25)39(31(33)41)19-22-10-9-13-24(35)18-22/h4-15,18,20-21,28-30,40H,16-17,19H2,1-3H3/t21-,28+,29-,30-,33+/m1/s1. The topological polar surface area (TPSA) is 80.5 Å². The average molecular weight is 681 g/mol. The minimum absolute atomic E-state index is 0.152. The van der Waals surface area contributed by atoms with E-state index in [1.54, 1.807) is 29.6 Å². The highest BCUT2D eigenvalue weighted by Gasteiger charge is 2.66. The minimum Gasteiger partial charge on any atom is -0.382 e. The number of fused-ring (bicyclic) bond motifs is 2. The van der Waals surface area contributed by atoms with Crippen molar-refractivity contribution < 1.29 is 19.0 Å². The number of rotatable bonds is 8. The number of carbonyl (C=O) groups excluding carboxylic acids is 1. The molecule has 1 spiro atoms. The molecule has 7 nitrogen and oxygen atoms in total. The summed E-state index contributed by atoms with van der Waals surface area (Å²) in [6.07, 6.45) is 0.706. The maximum atomic E-state index is 16.0. The molecule has 0 unspecified atom stereocenters. The third-order valence-electron chi connectivity index (χ3n) is 8.69. The number of amides is 1. The fourth-order valence-corrected chi connectivity index (χ4v) is 7.47. The molecule has 1 amide bonds. The lowest BCUT2D eigenvalue weighted by Gasteiger charge is -2.32. The molecule has 1 fully saturated rings. The average Bonchev–Trinajstić information content (AvgIpc) is 3.63. The highest BCUT2D eigenvalue weighted by Crippen LogP contribution is 2.58. The molecule has 5 atom stereocenters. The summed E-state index contributed by atoms with van der Waals surface area (Å²) in [6, 6.07) is 25.1. The number of para-hydroxylation sites is 1. The van der Waals surface area contributed by atoms with Crippen LogP contribution in [0.3, 0.4) is 0 Å². The number of carbonyl (C=O) groups is 1. The van der Waals surface area contributed by atoms with E-state index in [1.807, 2.05) is 79.7 Å². The molecule has 0 radical (unpaired) electrons. The molecule has 1 N–H and O–H groups in total. The van der Waals surface area contributed by atoms with Gasteiger partial charge in [-0.05, 0) is 72.2 Å². The lowest BCUT2D eigenvalue weighted by atomic mass is 9.71. The Morgan fingerprint density at radius 3 is 2.57 bits per heavy atom. The van der Waals surface area contributed by atoms with E-state index in [9.17, 15) is 9.90 Å². The van der Waals surface area contributed by atoms with Crippen molar-refractivity contribution in [2.75, 3.05) is 4.90 Å². The van der Waals surface area contributed by atoms with E-state index >= 15 is 4.39 Å². The number of benzene rings is 3. The number of nitrogens with zero attached hydrogens (tertiary/aromatic N) is 4. The smallest absolute Gasteiger partial charge is 0.264 e. The van der Waals surface area contributed by atoms with Gasteiger partial charge in [0.25, 0.3) is 5.91 Å². The number of aryl methyl sites for hydroxylation is 1. The summed E-state index contributed by atoms with van der Waals surface area (Å²) in [4.78, 5) is 16.2. The monoisotopic (exact) mass is 680 g/mol. The molecular formula is C33H34FIN4O3. The molecule has 2 aliphatic rings. The molecule has 0 saturated carbocycles. The minimum atomic E-state index is -1.59. The Balaban J connectivity index is 1.28. The van der Waals surface area contributed by atoms with Crippen molar-refractivity contribution in [2.24, 2.45) is 11.8 Å². The van der Waals surface area contributed by atoms with Crippen LogP contribution in [-0.2, 0) is 28.2 Å². The second kappa shape index (κ2) is 11.2. The van der Waals surface area contributed by atoms with Crippen molar-refractivity contribution in [1.29, 1.82) is 0 Å². The van der Waals surface area contributed by atoms with Crippen molar-refractivity contribution in [3.63, 3.8) is 0 Å². The molecule has 2 aliphatic heterocycles. The van der Waals surface area contributed by atoms with Crippen LogP contribution in [0.1, 0.15) is 55.7 Å². The number of alkyl halides is 1. The van der Waals surface area contributed by atoms with Gasteiger partial charge < -0.3 is 14.7 Å². The second-order valence-electron chi connectivity index (χ2n) is 11.8. The SMILES string of the molecule is C[C@@H]1[C@@H](C(C)(C)F)[C@H](CCn2cc([C@H](O)c3ccccc3)nn2)O[C@@]12C(=O)N(Cc1cccc(I)c1)c1ccccc12. The van der Waals surface area contributed by atoms with Crippen LogP contribution >= 0.6 is 22.6 Å². The van der Waals surface area contributed by atoms with Gasteiger partial charge in [-0.1, -0.05) is 72.8 Å². The molecule has 3 aromatic carbocycles. The molecule has 6 rings (SSSR count). The molecule has 9 heteroatoms. The van der Waals surface area contributed by atoms with Gasteiger partial charge in [-0.3, -0.25) is 9.48 Å². The van der Waals surface area contributed by atoms with Gasteiger partial charge in [0.1, 0.15) is 17.5 Å². The Kier molecular flexibility index (Phi) is 7.69. The van der Waals surface area contributed by atoms with Crippen LogP contribution in [0.5, 0.6) is 0 Å². The van der Waals surface area contributed by atoms with E-state index in [0.717, 1.165) is 25.9 Å². The van der Waals surface area contributed by atoms with Crippen molar-refractivity contribution in [1.82, 2.24) is 15.0 Å². The van der Waals surface area contributed by atoms with E-state index in [1.165, 1.54) is 0 Å². The number of anilines is 1. The molecule has 1 saturated heterocycles. The van der Waals surface area contributed by atoms with Crippen LogP contribution in [0.25, 0.3) is 0 Å². The number of aliphatic hydroxyl groups is 1. The summed E-state index contributed by atoms with van der Waals surface area (Å²) in [6.45, 7) is 5.89. The number of hydrogen-bond donors (Lipinski definition) is 1. The summed E-state index contributed by atoms with van der Waals surface area (Å²) >= 11 is 2.27. The summed E-state index contributed by atoms with van der Waals surface area (Å²) in [5, 5.41) is 19.1. The van der Waals surface area contributed by atoms with Gasteiger partial charge in [0, 0.05) is 27.5 Å². The van der Waals surface area contributed by atoms with Crippen LogP contribution in [0.2, 0.25) is 0 Å². The summed E-state index contributed by atoms with van der Waals surface area (Å²) < 4.78 is 25.5.